The number of benzene rings is 1. The molecule has 106 valence electrons. The molecule has 0 bridgehead atoms. The van der Waals surface area contributed by atoms with E-state index in [2.05, 4.69) is 9.71 Å². The van der Waals surface area contributed by atoms with Gasteiger partial charge in [0.2, 0.25) is 0 Å². The fourth-order valence-electron chi connectivity index (χ4n) is 1.63. The van der Waals surface area contributed by atoms with Crippen LogP contribution in [0, 0.1) is 5.82 Å². The van der Waals surface area contributed by atoms with Crippen LogP contribution >= 0.6 is 0 Å². The van der Waals surface area contributed by atoms with Crippen molar-refractivity contribution in [2.24, 2.45) is 0 Å². The van der Waals surface area contributed by atoms with E-state index < -0.39 is 15.8 Å². The minimum atomic E-state index is -4.00. The zero-order valence-corrected chi connectivity index (χ0v) is 11.5. The minimum absolute atomic E-state index is 0.0496. The first-order chi connectivity index (χ1) is 9.42. The Morgan fingerprint density at radius 3 is 2.70 bits per heavy atom. The number of hydrogen-bond acceptors (Lipinski definition) is 4. The van der Waals surface area contributed by atoms with Crippen LogP contribution in [-0.2, 0) is 16.4 Å². The molecule has 0 saturated heterocycles. The molecule has 0 unspecified atom stereocenters. The van der Waals surface area contributed by atoms with Crippen molar-refractivity contribution in [2.45, 2.75) is 18.2 Å². The molecule has 1 aromatic heterocycles. The van der Waals surface area contributed by atoms with Gasteiger partial charge in [0.05, 0.1) is 11.9 Å². The van der Waals surface area contributed by atoms with Crippen LogP contribution in [0.3, 0.4) is 0 Å². The maximum Gasteiger partial charge on any atom is 0.263 e. The summed E-state index contributed by atoms with van der Waals surface area (Å²) in [6.45, 7) is 1.90. The standard InChI is InChI=1S/C13H13FN2O3S/c1-2-9-3-4-13(17)12(5-9)16-20(18,19)11-6-10(14)7-15-8-11/h3-8,16-17H,2H2,1H3. The van der Waals surface area contributed by atoms with Gasteiger partial charge in [0.25, 0.3) is 10.0 Å². The molecular weight excluding hydrogens is 283 g/mol. The third-order valence-electron chi connectivity index (χ3n) is 2.70. The molecule has 0 radical (unpaired) electrons. The van der Waals surface area contributed by atoms with Gasteiger partial charge in [0.1, 0.15) is 16.5 Å². The average molecular weight is 296 g/mol. The van der Waals surface area contributed by atoms with Gasteiger partial charge in [0.15, 0.2) is 0 Å². The van der Waals surface area contributed by atoms with Crippen molar-refractivity contribution >= 4 is 15.7 Å². The van der Waals surface area contributed by atoms with Crippen LogP contribution in [-0.4, -0.2) is 18.5 Å². The Balaban J connectivity index is 2.38. The summed E-state index contributed by atoms with van der Waals surface area (Å²) in [5, 5.41) is 9.68. The molecule has 2 rings (SSSR count). The number of aromatic hydroxyl groups is 1. The molecule has 1 heterocycles. The van der Waals surface area contributed by atoms with Crippen LogP contribution in [0.25, 0.3) is 0 Å². The quantitative estimate of drug-likeness (QED) is 0.848. The second-order valence-electron chi connectivity index (χ2n) is 4.15. The van der Waals surface area contributed by atoms with Crippen molar-refractivity contribution in [3.63, 3.8) is 0 Å². The van der Waals surface area contributed by atoms with E-state index >= 15 is 0 Å². The van der Waals surface area contributed by atoms with Crippen molar-refractivity contribution in [1.82, 2.24) is 4.98 Å². The first kappa shape index (κ1) is 14.3. The summed E-state index contributed by atoms with van der Waals surface area (Å²) in [5.41, 5.74) is 0.909. The third kappa shape index (κ3) is 3.05. The molecule has 0 amide bonds. The highest BCUT2D eigenvalue weighted by Gasteiger charge is 2.17. The van der Waals surface area contributed by atoms with E-state index in [1.807, 2.05) is 6.92 Å². The second kappa shape index (κ2) is 5.46. The van der Waals surface area contributed by atoms with Crippen molar-refractivity contribution in [3.05, 3.63) is 48.0 Å². The van der Waals surface area contributed by atoms with Crippen LogP contribution in [0.15, 0.2) is 41.6 Å². The van der Waals surface area contributed by atoms with Gasteiger partial charge in [-0.05, 0) is 30.2 Å². The summed E-state index contributed by atoms with van der Waals surface area (Å²) in [4.78, 5) is 3.18. The summed E-state index contributed by atoms with van der Waals surface area (Å²) < 4.78 is 39.4. The topological polar surface area (TPSA) is 79.3 Å². The Morgan fingerprint density at radius 2 is 2.05 bits per heavy atom. The number of phenols is 1. The molecule has 0 spiro atoms. The predicted octanol–water partition coefficient (Wildman–Crippen LogP) is 2.29. The highest BCUT2D eigenvalue weighted by atomic mass is 32.2. The van der Waals surface area contributed by atoms with Crippen LogP contribution in [0.2, 0.25) is 0 Å². The van der Waals surface area contributed by atoms with E-state index in [0.717, 1.165) is 24.0 Å². The Labute approximate surface area is 116 Å². The molecule has 0 aliphatic carbocycles. The van der Waals surface area contributed by atoms with Gasteiger partial charge in [-0.15, -0.1) is 0 Å². The SMILES string of the molecule is CCc1ccc(O)c(NS(=O)(=O)c2cncc(F)c2)c1. The molecule has 2 aromatic rings. The number of nitrogens with one attached hydrogen (secondary N) is 1. The number of halogens is 1. The summed E-state index contributed by atoms with van der Waals surface area (Å²) in [5.74, 6) is -0.949. The highest BCUT2D eigenvalue weighted by molar-refractivity contribution is 7.92. The van der Waals surface area contributed by atoms with Crippen LogP contribution < -0.4 is 4.72 Å². The van der Waals surface area contributed by atoms with E-state index in [9.17, 15) is 17.9 Å². The van der Waals surface area contributed by atoms with Crippen molar-refractivity contribution < 1.29 is 17.9 Å². The normalized spacial score (nSPS) is 11.3. The number of nitrogens with zero attached hydrogens (tertiary/aromatic N) is 1. The molecule has 0 saturated carbocycles. The fourth-order valence-corrected chi connectivity index (χ4v) is 2.67. The lowest BCUT2D eigenvalue weighted by Gasteiger charge is -2.10. The molecule has 2 N–H and O–H groups in total. The Bertz CT molecular complexity index is 732. The molecular formula is C13H13FN2O3S. The van der Waals surface area contributed by atoms with Crippen molar-refractivity contribution in [3.8, 4) is 5.75 Å². The number of anilines is 1. The lowest BCUT2D eigenvalue weighted by Crippen LogP contribution is -2.13. The fraction of sp³-hybridized carbons (Fsp3) is 0.154. The van der Waals surface area contributed by atoms with Gasteiger partial charge >= 0.3 is 0 Å². The first-order valence-corrected chi connectivity index (χ1v) is 7.36. The number of hydrogen-bond donors (Lipinski definition) is 2. The Morgan fingerprint density at radius 1 is 1.30 bits per heavy atom. The van der Waals surface area contributed by atoms with Gasteiger partial charge in [-0.1, -0.05) is 13.0 Å². The van der Waals surface area contributed by atoms with Gasteiger partial charge < -0.3 is 5.11 Å². The van der Waals surface area contributed by atoms with Crippen LogP contribution in [0.1, 0.15) is 12.5 Å². The van der Waals surface area contributed by atoms with E-state index in [0.29, 0.717) is 6.42 Å². The van der Waals surface area contributed by atoms with Crippen LogP contribution in [0.4, 0.5) is 10.1 Å². The molecule has 1 aromatic carbocycles. The van der Waals surface area contributed by atoms with Crippen molar-refractivity contribution in [1.29, 1.82) is 0 Å². The molecule has 20 heavy (non-hydrogen) atoms. The number of pyridine rings is 1. The average Bonchev–Trinajstić information content (AvgIpc) is 2.41. The van der Waals surface area contributed by atoms with Gasteiger partial charge in [-0.3, -0.25) is 9.71 Å². The number of rotatable bonds is 4. The lowest BCUT2D eigenvalue weighted by atomic mass is 10.1. The van der Waals surface area contributed by atoms with E-state index in [-0.39, 0.29) is 16.3 Å². The molecule has 0 atom stereocenters. The monoisotopic (exact) mass is 296 g/mol. The maximum atomic E-state index is 13.0. The highest BCUT2D eigenvalue weighted by Crippen LogP contribution is 2.27. The van der Waals surface area contributed by atoms with Crippen molar-refractivity contribution in [2.75, 3.05) is 4.72 Å². The number of aryl methyl sites for hydroxylation is 1. The van der Waals surface area contributed by atoms with Gasteiger partial charge in [-0.25, -0.2) is 12.8 Å². The second-order valence-corrected chi connectivity index (χ2v) is 5.83. The zero-order valence-electron chi connectivity index (χ0n) is 10.7. The lowest BCUT2D eigenvalue weighted by molar-refractivity contribution is 0.477. The summed E-state index contributed by atoms with van der Waals surface area (Å²) in [7, 11) is -4.00. The van der Waals surface area contributed by atoms with Crippen LogP contribution in [0.5, 0.6) is 5.75 Å². The Hall–Kier alpha value is -2.15. The Kier molecular flexibility index (Phi) is 3.89. The molecule has 5 nitrogen and oxygen atoms in total. The maximum absolute atomic E-state index is 13.0. The number of phenolic OH excluding ortho intramolecular Hbond substituents is 1. The zero-order chi connectivity index (χ0) is 14.8. The van der Waals surface area contributed by atoms with E-state index in [1.165, 1.54) is 12.1 Å². The molecule has 0 aliphatic heterocycles. The number of aromatic nitrogens is 1. The first-order valence-electron chi connectivity index (χ1n) is 5.87. The predicted molar refractivity (Wildman–Crippen MR) is 72.5 cm³/mol. The van der Waals surface area contributed by atoms with E-state index in [4.69, 9.17) is 0 Å². The molecule has 0 aliphatic rings. The smallest absolute Gasteiger partial charge is 0.263 e. The minimum Gasteiger partial charge on any atom is -0.506 e. The van der Waals surface area contributed by atoms with Gasteiger partial charge in [0, 0.05) is 6.20 Å². The molecule has 0 fully saturated rings. The third-order valence-corrected chi connectivity index (χ3v) is 4.04. The van der Waals surface area contributed by atoms with Gasteiger partial charge in [-0.2, -0.15) is 0 Å². The molecule has 7 heteroatoms. The van der Waals surface area contributed by atoms with E-state index in [1.54, 1.807) is 6.07 Å². The summed E-state index contributed by atoms with van der Waals surface area (Å²) in [6.07, 6.45) is 2.64. The number of sulfonamides is 1. The summed E-state index contributed by atoms with van der Waals surface area (Å²) in [6, 6.07) is 5.48. The largest absolute Gasteiger partial charge is 0.506 e. The summed E-state index contributed by atoms with van der Waals surface area (Å²) >= 11 is 0.